The number of ether oxygens (including phenoxy) is 1. The molecule has 2 atom stereocenters. The van der Waals surface area contributed by atoms with Gasteiger partial charge in [-0.2, -0.15) is 0 Å². The van der Waals surface area contributed by atoms with Crippen LogP contribution in [0.5, 0.6) is 0 Å². The van der Waals surface area contributed by atoms with Crippen molar-refractivity contribution >= 4 is 17.2 Å². The number of anilines is 1. The number of aromatic nitrogens is 3. The van der Waals surface area contributed by atoms with E-state index in [0.29, 0.717) is 6.04 Å². The number of morpholine rings is 1. The topological polar surface area (TPSA) is 54.4 Å². The normalized spacial score (nSPS) is 25.4. The van der Waals surface area contributed by atoms with E-state index in [2.05, 4.69) is 31.7 Å². The van der Waals surface area contributed by atoms with Crippen molar-refractivity contribution in [3.8, 4) is 0 Å². The predicted molar refractivity (Wildman–Crippen MR) is 85.0 cm³/mol. The van der Waals surface area contributed by atoms with Crippen molar-refractivity contribution in [1.82, 2.24) is 19.9 Å². The van der Waals surface area contributed by atoms with E-state index in [4.69, 9.17) is 4.74 Å². The summed E-state index contributed by atoms with van der Waals surface area (Å²) in [5.41, 5.74) is 3.07. The first-order valence-corrected chi connectivity index (χ1v) is 8.45. The largest absolute Gasteiger partial charge is 0.373 e. The minimum Gasteiger partial charge on any atom is -0.373 e. The average Bonchev–Trinajstić information content (AvgIpc) is 3.14. The van der Waals surface area contributed by atoms with Crippen LogP contribution >= 0.6 is 11.3 Å². The molecule has 0 radical (unpaired) electrons. The number of rotatable bonds is 3. The van der Waals surface area contributed by atoms with Crippen LogP contribution in [-0.2, 0) is 11.3 Å². The van der Waals surface area contributed by atoms with Crippen LogP contribution in [0, 0.1) is 6.92 Å². The van der Waals surface area contributed by atoms with Gasteiger partial charge in [0.2, 0.25) is 0 Å². The first kappa shape index (κ1) is 14.0. The fourth-order valence-electron chi connectivity index (χ4n) is 3.30. The second-order valence-electron chi connectivity index (χ2n) is 5.79. The molecular formula is C15H19N5OS. The van der Waals surface area contributed by atoms with Crippen molar-refractivity contribution < 1.29 is 4.74 Å². The molecule has 2 saturated heterocycles. The summed E-state index contributed by atoms with van der Waals surface area (Å²) < 4.78 is 5.99. The molecule has 2 aliphatic heterocycles. The van der Waals surface area contributed by atoms with Gasteiger partial charge in [0.25, 0.3) is 0 Å². The summed E-state index contributed by atoms with van der Waals surface area (Å²) in [5, 5.41) is 0. The molecule has 2 fully saturated rings. The zero-order valence-corrected chi connectivity index (χ0v) is 13.4. The molecule has 0 N–H and O–H groups in total. The van der Waals surface area contributed by atoms with Gasteiger partial charge in [-0.05, 0) is 6.92 Å². The van der Waals surface area contributed by atoms with E-state index in [9.17, 15) is 0 Å². The lowest BCUT2D eigenvalue weighted by Crippen LogP contribution is -2.51. The second-order valence-corrected chi connectivity index (χ2v) is 6.73. The van der Waals surface area contributed by atoms with Crippen LogP contribution in [0.15, 0.2) is 24.1 Å². The van der Waals surface area contributed by atoms with Gasteiger partial charge in [0.05, 0.1) is 36.2 Å². The molecule has 0 aromatic carbocycles. The van der Waals surface area contributed by atoms with Crippen LogP contribution in [0.3, 0.4) is 0 Å². The maximum absolute atomic E-state index is 5.99. The van der Waals surface area contributed by atoms with Gasteiger partial charge in [0.1, 0.15) is 5.82 Å². The molecule has 0 saturated carbocycles. The van der Waals surface area contributed by atoms with Crippen LogP contribution in [0.1, 0.15) is 10.6 Å². The lowest BCUT2D eigenvalue weighted by molar-refractivity contribution is 0.0303. The molecule has 0 spiro atoms. The zero-order chi connectivity index (χ0) is 14.9. The van der Waals surface area contributed by atoms with E-state index in [1.54, 1.807) is 23.7 Å². The Morgan fingerprint density at radius 3 is 3.05 bits per heavy atom. The number of fused-ring (bicyclic) bond motifs is 1. The summed E-state index contributed by atoms with van der Waals surface area (Å²) in [7, 11) is 0. The molecule has 2 aromatic rings. The van der Waals surface area contributed by atoms with Gasteiger partial charge in [0.15, 0.2) is 0 Å². The number of hydrogen-bond acceptors (Lipinski definition) is 7. The summed E-state index contributed by atoms with van der Waals surface area (Å²) >= 11 is 1.74. The quantitative estimate of drug-likeness (QED) is 0.851. The Balaban J connectivity index is 1.50. The van der Waals surface area contributed by atoms with E-state index in [1.807, 2.05) is 11.7 Å². The molecular weight excluding hydrogens is 298 g/mol. The fraction of sp³-hybridized carbons (Fsp3) is 0.533. The molecule has 0 unspecified atom stereocenters. The highest BCUT2D eigenvalue weighted by molar-refractivity contribution is 7.09. The molecule has 4 heterocycles. The summed E-state index contributed by atoms with van der Waals surface area (Å²) in [6.07, 6.45) is 5.57. The molecule has 0 bridgehead atoms. The SMILES string of the molecule is Cc1ncsc1CN1C[C@@H]2OCCN(c3cnccn3)[C@H]2C1. The lowest BCUT2D eigenvalue weighted by atomic mass is 10.1. The van der Waals surface area contributed by atoms with E-state index in [1.165, 1.54) is 4.88 Å². The Hall–Kier alpha value is -1.57. The van der Waals surface area contributed by atoms with E-state index in [0.717, 1.165) is 44.3 Å². The van der Waals surface area contributed by atoms with Gasteiger partial charge >= 0.3 is 0 Å². The van der Waals surface area contributed by atoms with E-state index in [-0.39, 0.29) is 6.10 Å². The molecule has 7 heteroatoms. The van der Waals surface area contributed by atoms with Crippen LogP contribution in [0.2, 0.25) is 0 Å². The highest BCUT2D eigenvalue weighted by Crippen LogP contribution is 2.28. The number of hydrogen-bond donors (Lipinski definition) is 0. The van der Waals surface area contributed by atoms with Gasteiger partial charge < -0.3 is 9.64 Å². The molecule has 22 heavy (non-hydrogen) atoms. The molecule has 0 aliphatic carbocycles. The lowest BCUT2D eigenvalue weighted by Gasteiger charge is -2.37. The van der Waals surface area contributed by atoms with Crippen molar-refractivity contribution in [2.45, 2.75) is 25.6 Å². The van der Waals surface area contributed by atoms with Crippen molar-refractivity contribution in [1.29, 1.82) is 0 Å². The van der Waals surface area contributed by atoms with Crippen LogP contribution in [0.25, 0.3) is 0 Å². The van der Waals surface area contributed by atoms with Gasteiger partial charge in [-0.25, -0.2) is 9.97 Å². The Morgan fingerprint density at radius 1 is 1.32 bits per heavy atom. The van der Waals surface area contributed by atoms with Gasteiger partial charge in [-0.3, -0.25) is 9.88 Å². The van der Waals surface area contributed by atoms with Gasteiger partial charge in [-0.1, -0.05) is 0 Å². The van der Waals surface area contributed by atoms with Crippen LogP contribution in [0.4, 0.5) is 5.82 Å². The van der Waals surface area contributed by atoms with Crippen molar-refractivity contribution in [2.24, 2.45) is 0 Å². The van der Waals surface area contributed by atoms with Crippen molar-refractivity contribution in [3.63, 3.8) is 0 Å². The first-order chi connectivity index (χ1) is 10.8. The summed E-state index contributed by atoms with van der Waals surface area (Å²) in [4.78, 5) is 19.2. The number of nitrogens with zero attached hydrogens (tertiary/aromatic N) is 5. The zero-order valence-electron chi connectivity index (χ0n) is 12.6. The third kappa shape index (κ3) is 2.60. The minimum atomic E-state index is 0.254. The predicted octanol–water partition coefficient (Wildman–Crippen LogP) is 1.33. The number of thiazole rings is 1. The second kappa shape index (κ2) is 5.91. The highest BCUT2D eigenvalue weighted by Gasteiger charge is 2.40. The van der Waals surface area contributed by atoms with Crippen LogP contribution in [-0.4, -0.2) is 58.2 Å². The standard InChI is InChI=1S/C15H19N5OS/c1-11-14(22-10-18-11)9-19-7-12-13(8-19)21-5-4-20(12)15-6-16-2-3-17-15/h2-3,6,10,12-13H,4-5,7-9H2,1H3/t12-,13-/m0/s1. The maximum atomic E-state index is 5.99. The molecule has 6 nitrogen and oxygen atoms in total. The molecule has 4 rings (SSSR count). The van der Waals surface area contributed by atoms with E-state index >= 15 is 0 Å². The summed E-state index contributed by atoms with van der Waals surface area (Å²) in [5.74, 6) is 0.955. The van der Waals surface area contributed by atoms with Gasteiger partial charge in [0, 0.05) is 43.4 Å². The van der Waals surface area contributed by atoms with Crippen LogP contribution < -0.4 is 4.90 Å². The molecule has 2 aromatic heterocycles. The monoisotopic (exact) mass is 317 g/mol. The van der Waals surface area contributed by atoms with E-state index < -0.39 is 0 Å². The number of aryl methyl sites for hydroxylation is 1. The Morgan fingerprint density at radius 2 is 2.27 bits per heavy atom. The Labute approximate surface area is 133 Å². The fourth-order valence-corrected chi connectivity index (χ4v) is 4.12. The maximum Gasteiger partial charge on any atom is 0.147 e. The minimum absolute atomic E-state index is 0.254. The molecule has 0 amide bonds. The van der Waals surface area contributed by atoms with Crippen molar-refractivity contribution in [2.75, 3.05) is 31.1 Å². The van der Waals surface area contributed by atoms with Crippen molar-refractivity contribution in [3.05, 3.63) is 34.7 Å². The Kier molecular flexibility index (Phi) is 3.77. The molecule has 116 valence electrons. The third-order valence-electron chi connectivity index (χ3n) is 4.43. The van der Waals surface area contributed by atoms with Gasteiger partial charge in [-0.15, -0.1) is 11.3 Å². The average molecular weight is 317 g/mol. The smallest absolute Gasteiger partial charge is 0.147 e. The summed E-state index contributed by atoms with van der Waals surface area (Å²) in [6.45, 7) is 6.65. The summed E-state index contributed by atoms with van der Waals surface area (Å²) in [6, 6.07) is 0.360. The highest BCUT2D eigenvalue weighted by atomic mass is 32.1. The molecule has 2 aliphatic rings. The number of likely N-dealkylation sites (tertiary alicyclic amines) is 1. The first-order valence-electron chi connectivity index (χ1n) is 7.57. The third-order valence-corrected chi connectivity index (χ3v) is 5.35. The Bertz CT molecular complexity index is 634.